The van der Waals surface area contributed by atoms with Crippen LogP contribution in [0.25, 0.3) is 0 Å². The van der Waals surface area contributed by atoms with E-state index in [1.165, 1.54) is 18.9 Å². The van der Waals surface area contributed by atoms with Crippen molar-refractivity contribution in [1.29, 1.82) is 0 Å². The minimum absolute atomic E-state index is 0.115. The van der Waals surface area contributed by atoms with Gasteiger partial charge in [-0.15, -0.1) is 0 Å². The minimum Gasteiger partial charge on any atom is -0.508 e. The Balaban J connectivity index is 1.88. The number of carbonyl (C=O) groups excluding carboxylic acids is 1. The van der Waals surface area contributed by atoms with Crippen LogP contribution in [0.1, 0.15) is 41.6 Å². The number of phenols is 1. The van der Waals surface area contributed by atoms with Gasteiger partial charge < -0.3 is 15.5 Å². The maximum absolute atomic E-state index is 11.9. The number of amides is 1. The van der Waals surface area contributed by atoms with E-state index in [9.17, 15) is 15.0 Å². The van der Waals surface area contributed by atoms with E-state index >= 15 is 0 Å². The molecule has 1 aromatic rings. The van der Waals surface area contributed by atoms with Crippen LogP contribution in [0.4, 0.5) is 0 Å². The number of phenolic OH excluding ortho intramolecular Hbond substituents is 1. The summed E-state index contributed by atoms with van der Waals surface area (Å²) in [5.41, 5.74) is 1.16. The molecule has 104 valence electrons. The Hall–Kier alpha value is -1.55. The summed E-state index contributed by atoms with van der Waals surface area (Å²) in [5.74, 6) is 0.169. The van der Waals surface area contributed by atoms with Crippen LogP contribution in [0.3, 0.4) is 0 Å². The minimum atomic E-state index is -0.467. The average Bonchev–Trinajstić information content (AvgIpc) is 2.92. The molecule has 0 spiro atoms. The van der Waals surface area contributed by atoms with Crippen molar-refractivity contribution in [3.63, 3.8) is 0 Å². The van der Waals surface area contributed by atoms with Crippen LogP contribution in [-0.2, 0) is 0 Å². The van der Waals surface area contributed by atoms with Crippen molar-refractivity contribution < 1.29 is 15.0 Å². The van der Waals surface area contributed by atoms with Gasteiger partial charge in [0.25, 0.3) is 5.91 Å². The quantitative estimate of drug-likeness (QED) is 0.778. The fourth-order valence-corrected chi connectivity index (χ4v) is 2.56. The molecule has 4 nitrogen and oxygen atoms in total. The maximum atomic E-state index is 11.9. The summed E-state index contributed by atoms with van der Waals surface area (Å²) in [6.07, 6.45) is 3.96. The van der Waals surface area contributed by atoms with Crippen LogP contribution >= 0.6 is 0 Å². The predicted octanol–water partition coefficient (Wildman–Crippen LogP) is 1.98. The van der Waals surface area contributed by atoms with Crippen molar-refractivity contribution in [2.24, 2.45) is 5.92 Å². The summed E-state index contributed by atoms with van der Waals surface area (Å²) in [5, 5.41) is 22.3. The first-order chi connectivity index (χ1) is 9.08. The van der Waals surface area contributed by atoms with Crippen LogP contribution in [0.15, 0.2) is 18.2 Å². The van der Waals surface area contributed by atoms with Gasteiger partial charge in [0.2, 0.25) is 0 Å². The van der Waals surface area contributed by atoms with Crippen LogP contribution in [0.2, 0.25) is 0 Å². The highest BCUT2D eigenvalue weighted by Gasteiger charge is 2.23. The molecule has 1 aliphatic rings. The molecule has 0 unspecified atom stereocenters. The van der Waals surface area contributed by atoms with Gasteiger partial charge in [-0.05, 0) is 43.4 Å². The first-order valence-electron chi connectivity index (χ1n) is 6.84. The molecule has 2 rings (SSSR count). The molecular formula is C15H21NO3. The van der Waals surface area contributed by atoms with Crippen LogP contribution in [-0.4, -0.2) is 28.8 Å². The number of nitrogens with one attached hydrogen (secondary N) is 1. The van der Waals surface area contributed by atoms with Crippen molar-refractivity contribution in [1.82, 2.24) is 5.32 Å². The monoisotopic (exact) mass is 263 g/mol. The molecule has 19 heavy (non-hydrogen) atoms. The molecule has 1 saturated carbocycles. The first-order valence-corrected chi connectivity index (χ1v) is 6.84. The molecule has 4 heteroatoms. The van der Waals surface area contributed by atoms with E-state index in [2.05, 4.69) is 5.32 Å². The lowest BCUT2D eigenvalue weighted by Gasteiger charge is -2.18. The van der Waals surface area contributed by atoms with Crippen molar-refractivity contribution in [2.75, 3.05) is 6.54 Å². The number of hydrogen-bond donors (Lipinski definition) is 3. The molecule has 1 aliphatic carbocycles. The molecule has 0 saturated heterocycles. The zero-order valence-corrected chi connectivity index (χ0v) is 11.2. The molecule has 1 aromatic carbocycles. The lowest BCUT2D eigenvalue weighted by molar-refractivity contribution is 0.0840. The van der Waals surface area contributed by atoms with Gasteiger partial charge in [0.05, 0.1) is 6.10 Å². The second-order valence-corrected chi connectivity index (χ2v) is 5.32. The SMILES string of the molecule is Cc1ccc(C(=O)NC[C@@H](O)C2CCCC2)cc1O. The third kappa shape index (κ3) is 3.47. The summed E-state index contributed by atoms with van der Waals surface area (Å²) in [6.45, 7) is 2.05. The topological polar surface area (TPSA) is 69.6 Å². The summed E-state index contributed by atoms with van der Waals surface area (Å²) < 4.78 is 0. The summed E-state index contributed by atoms with van der Waals surface area (Å²) in [6, 6.07) is 4.83. The van der Waals surface area contributed by atoms with Gasteiger partial charge >= 0.3 is 0 Å². The standard InChI is InChI=1S/C15H21NO3/c1-10-6-7-12(8-13(10)17)15(19)16-9-14(18)11-4-2-3-5-11/h6-8,11,14,17-18H,2-5,9H2,1H3,(H,16,19)/t14-/m1/s1. The van der Waals surface area contributed by atoms with Crippen molar-refractivity contribution in [3.05, 3.63) is 29.3 Å². The Labute approximate surface area is 113 Å². The fourth-order valence-electron chi connectivity index (χ4n) is 2.56. The van der Waals surface area contributed by atoms with Gasteiger partial charge in [-0.3, -0.25) is 4.79 Å². The molecule has 3 N–H and O–H groups in total. The fraction of sp³-hybridized carbons (Fsp3) is 0.533. The molecule has 1 amide bonds. The Morgan fingerprint density at radius 2 is 2.11 bits per heavy atom. The molecule has 0 heterocycles. The van der Waals surface area contributed by atoms with E-state index in [-0.39, 0.29) is 18.2 Å². The second-order valence-electron chi connectivity index (χ2n) is 5.32. The van der Waals surface area contributed by atoms with Crippen molar-refractivity contribution in [2.45, 2.75) is 38.7 Å². The van der Waals surface area contributed by atoms with E-state index < -0.39 is 6.10 Å². The third-order valence-electron chi connectivity index (χ3n) is 3.89. The highest BCUT2D eigenvalue weighted by atomic mass is 16.3. The highest BCUT2D eigenvalue weighted by Crippen LogP contribution is 2.27. The van der Waals surface area contributed by atoms with E-state index in [4.69, 9.17) is 0 Å². The lowest BCUT2D eigenvalue weighted by Crippen LogP contribution is -2.35. The van der Waals surface area contributed by atoms with Gasteiger partial charge in [0.1, 0.15) is 5.75 Å². The zero-order chi connectivity index (χ0) is 13.8. The maximum Gasteiger partial charge on any atom is 0.251 e. The van der Waals surface area contributed by atoms with Gasteiger partial charge in [-0.25, -0.2) is 0 Å². The number of aliphatic hydroxyl groups excluding tert-OH is 1. The number of aliphatic hydroxyl groups is 1. The molecule has 1 fully saturated rings. The van der Waals surface area contributed by atoms with E-state index in [1.54, 1.807) is 19.1 Å². The number of aromatic hydroxyl groups is 1. The smallest absolute Gasteiger partial charge is 0.251 e. The van der Waals surface area contributed by atoms with Crippen molar-refractivity contribution >= 4 is 5.91 Å². The van der Waals surface area contributed by atoms with E-state index in [0.29, 0.717) is 11.5 Å². The van der Waals surface area contributed by atoms with E-state index in [0.717, 1.165) is 18.4 Å². The Morgan fingerprint density at radius 3 is 2.74 bits per heavy atom. The van der Waals surface area contributed by atoms with Gasteiger partial charge in [-0.1, -0.05) is 18.9 Å². The number of carbonyl (C=O) groups is 1. The largest absolute Gasteiger partial charge is 0.508 e. The summed E-state index contributed by atoms with van der Waals surface area (Å²) >= 11 is 0. The molecular weight excluding hydrogens is 242 g/mol. The van der Waals surface area contributed by atoms with Gasteiger partial charge in [0.15, 0.2) is 0 Å². The highest BCUT2D eigenvalue weighted by molar-refractivity contribution is 5.94. The molecule has 1 atom stereocenters. The van der Waals surface area contributed by atoms with Crippen LogP contribution in [0, 0.1) is 12.8 Å². The molecule has 0 bridgehead atoms. The third-order valence-corrected chi connectivity index (χ3v) is 3.89. The van der Waals surface area contributed by atoms with Gasteiger partial charge in [-0.2, -0.15) is 0 Å². The Kier molecular flexibility index (Phi) is 4.43. The number of hydrogen-bond acceptors (Lipinski definition) is 3. The Morgan fingerprint density at radius 1 is 1.42 bits per heavy atom. The zero-order valence-electron chi connectivity index (χ0n) is 11.2. The number of rotatable bonds is 4. The normalized spacial score (nSPS) is 17.4. The predicted molar refractivity (Wildman–Crippen MR) is 73.1 cm³/mol. The number of aryl methyl sites for hydroxylation is 1. The van der Waals surface area contributed by atoms with E-state index in [1.807, 2.05) is 0 Å². The molecule has 0 aliphatic heterocycles. The summed E-state index contributed by atoms with van der Waals surface area (Å²) in [7, 11) is 0. The van der Waals surface area contributed by atoms with Gasteiger partial charge in [0, 0.05) is 12.1 Å². The first kappa shape index (κ1) is 13.9. The lowest BCUT2D eigenvalue weighted by atomic mass is 10.0. The summed E-state index contributed by atoms with van der Waals surface area (Å²) in [4.78, 5) is 11.9. The van der Waals surface area contributed by atoms with Crippen LogP contribution < -0.4 is 5.32 Å². The molecule has 0 aromatic heterocycles. The van der Waals surface area contributed by atoms with Crippen molar-refractivity contribution in [3.8, 4) is 5.75 Å². The van der Waals surface area contributed by atoms with Crippen LogP contribution in [0.5, 0.6) is 5.75 Å². The Bertz CT molecular complexity index is 453. The molecule has 0 radical (unpaired) electrons. The second kappa shape index (κ2) is 6.06. The average molecular weight is 263 g/mol. The number of benzene rings is 1.